The normalized spacial score (nSPS) is 25.4. The van der Waals surface area contributed by atoms with E-state index in [-0.39, 0.29) is 89.2 Å². The molecule has 3 amide bonds. The molecule has 1 saturated carbocycles. The van der Waals surface area contributed by atoms with Crippen molar-refractivity contribution in [2.24, 2.45) is 29.6 Å². The van der Waals surface area contributed by atoms with Gasteiger partial charge in [0, 0.05) is 36.4 Å². The number of aromatic nitrogens is 1. The molecule has 17 nitrogen and oxygen atoms in total. The Morgan fingerprint density at radius 3 is 2.37 bits per heavy atom. The van der Waals surface area contributed by atoms with Crippen molar-refractivity contribution in [1.29, 1.82) is 0 Å². The van der Waals surface area contributed by atoms with Crippen LogP contribution in [-0.2, 0) is 42.5 Å². The van der Waals surface area contributed by atoms with Crippen LogP contribution >= 0.6 is 11.3 Å². The molecule has 1 unspecified atom stereocenters. The van der Waals surface area contributed by atoms with Gasteiger partial charge in [-0.3, -0.25) is 19.2 Å². The molecule has 19 heteroatoms. The fourth-order valence-electron chi connectivity index (χ4n) is 11.6. The lowest BCUT2D eigenvalue weighted by atomic mass is 9.65. The molecule has 3 fully saturated rings. The zero-order chi connectivity index (χ0) is 56.7. The predicted octanol–water partition coefficient (Wildman–Crippen LogP) is 9.51. The van der Waals surface area contributed by atoms with Gasteiger partial charge in [-0.1, -0.05) is 84.2 Å². The molecule has 3 heterocycles. The summed E-state index contributed by atoms with van der Waals surface area (Å²) in [6, 6.07) is 5.76. The van der Waals surface area contributed by atoms with Crippen LogP contribution in [0.15, 0.2) is 53.4 Å². The monoisotopic (exact) mass is 1130 g/mol. The fourth-order valence-corrected chi connectivity index (χ4v) is 13.9. The molecule has 438 valence electrons. The molecule has 3 aliphatic carbocycles. The lowest BCUT2D eigenvalue weighted by Gasteiger charge is -2.44. The minimum absolute atomic E-state index is 0.0543. The number of allylic oxidation sites excluding steroid dienone is 3. The summed E-state index contributed by atoms with van der Waals surface area (Å²) in [6.45, 7) is 20.6. The number of likely N-dealkylation sites (N-methyl/N-ethyl adjacent to an activating group) is 1. The van der Waals surface area contributed by atoms with Crippen molar-refractivity contribution >= 4 is 49.3 Å². The van der Waals surface area contributed by atoms with Crippen molar-refractivity contribution in [2.75, 3.05) is 66.4 Å². The third kappa shape index (κ3) is 17.5. The number of esters is 1. The van der Waals surface area contributed by atoms with Crippen molar-refractivity contribution in [3.8, 4) is 5.75 Å². The van der Waals surface area contributed by atoms with Crippen LogP contribution < -0.4 is 20.7 Å². The van der Waals surface area contributed by atoms with Gasteiger partial charge >= 0.3 is 12.1 Å². The quantitative estimate of drug-likeness (QED) is 0.0330. The average Bonchev–Trinajstić information content (AvgIpc) is 4.12. The number of thiazole rings is 1. The number of nitrogens with zero attached hydrogens (tertiary/aromatic N) is 2. The highest BCUT2D eigenvalue weighted by molar-refractivity contribution is 7.10. The molecule has 79 heavy (non-hydrogen) atoms. The molecule has 2 aliphatic heterocycles. The minimum Gasteiger partial charge on any atom is -0.491 e. The molecule has 3 N–H and O–H groups in total. The molecular formula is C60H91N5O12SSi. The van der Waals surface area contributed by atoms with Crippen molar-refractivity contribution in [1.82, 2.24) is 25.8 Å². The lowest BCUT2D eigenvalue weighted by molar-refractivity contribution is -0.160. The number of benzene rings is 1. The number of likely N-dealkylation sites (tertiary alicyclic amines) is 1. The third-order valence-electron chi connectivity index (χ3n) is 17.1. The zero-order valence-electron chi connectivity index (χ0n) is 48.5. The van der Waals surface area contributed by atoms with Gasteiger partial charge in [0.15, 0.2) is 8.32 Å². The van der Waals surface area contributed by atoms with E-state index in [2.05, 4.69) is 81.9 Å². The Morgan fingerprint density at radius 2 is 1.65 bits per heavy atom. The Balaban J connectivity index is 0.757. The van der Waals surface area contributed by atoms with Crippen LogP contribution in [0.4, 0.5) is 4.79 Å². The number of ether oxygens (including phenoxy) is 6. The van der Waals surface area contributed by atoms with E-state index in [1.165, 1.54) is 16.9 Å². The average molecular weight is 1130 g/mol. The van der Waals surface area contributed by atoms with Gasteiger partial charge in [0.2, 0.25) is 17.6 Å². The summed E-state index contributed by atoms with van der Waals surface area (Å²) in [5, 5.41) is 11.5. The van der Waals surface area contributed by atoms with E-state index in [9.17, 15) is 24.0 Å². The van der Waals surface area contributed by atoms with Crippen LogP contribution in [-0.4, -0.2) is 145 Å². The number of rotatable bonds is 27. The maximum Gasteiger partial charge on any atom is 0.407 e. The molecule has 5 aliphatic rings. The maximum atomic E-state index is 14.2. The number of amides is 3. The Labute approximate surface area is 474 Å². The van der Waals surface area contributed by atoms with Crippen molar-refractivity contribution < 1.29 is 56.8 Å². The third-order valence-corrected chi connectivity index (χ3v) is 22.6. The number of hydrogen-bond donors (Lipinski definition) is 3. The van der Waals surface area contributed by atoms with Crippen LogP contribution in [0.3, 0.4) is 0 Å². The SMILES string of the molecule is CN[C@@H](C)C(=O)N[C@H](C(=O)N1CCC[C@H]1c1nc(C(=O)c2cccc(OCCOCCOCCOCCNC(=O)O[C@H]3C[C@@H](C)C=C4C=C[C@H](C)C(CC[C@@H]5C[C@@H](O[Si](C)(C)C(C)(C)C)CC(=O)O5)[C@H]43)c2)cs1)C1CCCCC1. The number of carbonyl (C=O) groups is 5. The highest BCUT2D eigenvalue weighted by Crippen LogP contribution is 2.46. The summed E-state index contributed by atoms with van der Waals surface area (Å²) < 4.78 is 41.8. The lowest BCUT2D eigenvalue weighted by Crippen LogP contribution is -2.55. The Bertz CT molecular complexity index is 2400. The van der Waals surface area contributed by atoms with Gasteiger partial charge in [-0.15, -0.1) is 11.3 Å². The van der Waals surface area contributed by atoms with E-state index < -0.39 is 26.5 Å². The first-order valence-corrected chi connectivity index (χ1v) is 33.1. The molecule has 0 radical (unpaired) electrons. The number of fused-ring (bicyclic) bond motifs is 1. The van der Waals surface area contributed by atoms with Gasteiger partial charge in [0.1, 0.15) is 41.3 Å². The summed E-state index contributed by atoms with van der Waals surface area (Å²) in [5.74, 6) is 0.810. The molecule has 1 aromatic carbocycles. The number of nitrogens with one attached hydrogen (secondary N) is 3. The van der Waals surface area contributed by atoms with Crippen LogP contribution in [0.25, 0.3) is 0 Å². The molecule has 0 bridgehead atoms. The first kappa shape index (κ1) is 62.1. The minimum atomic E-state index is -2.04. The molecule has 2 aromatic rings. The van der Waals surface area contributed by atoms with Gasteiger partial charge in [0.05, 0.1) is 64.2 Å². The van der Waals surface area contributed by atoms with E-state index in [0.29, 0.717) is 82.6 Å². The topological polar surface area (TPSA) is 202 Å². The number of alkyl carbamates (subject to hydrolysis) is 1. The van der Waals surface area contributed by atoms with E-state index in [1.54, 1.807) is 43.6 Å². The number of hydrogen-bond acceptors (Lipinski definition) is 15. The summed E-state index contributed by atoms with van der Waals surface area (Å²) in [4.78, 5) is 73.5. The number of ketones is 1. The molecular weight excluding hydrogens is 1040 g/mol. The summed E-state index contributed by atoms with van der Waals surface area (Å²) in [7, 11) is -0.308. The highest BCUT2D eigenvalue weighted by Gasteiger charge is 2.45. The first-order valence-electron chi connectivity index (χ1n) is 29.3. The van der Waals surface area contributed by atoms with Crippen molar-refractivity contribution in [2.45, 2.75) is 173 Å². The van der Waals surface area contributed by atoms with Gasteiger partial charge in [0.25, 0.3) is 0 Å². The second-order valence-corrected chi connectivity index (χ2v) is 29.6. The van der Waals surface area contributed by atoms with Gasteiger partial charge in [-0.05, 0) is 118 Å². The maximum absolute atomic E-state index is 14.2. The Morgan fingerprint density at radius 1 is 0.924 bits per heavy atom. The highest BCUT2D eigenvalue weighted by atomic mass is 32.1. The van der Waals surface area contributed by atoms with E-state index in [1.807, 2.05) is 4.90 Å². The summed E-state index contributed by atoms with van der Waals surface area (Å²) >= 11 is 1.39. The Hall–Kier alpha value is -4.50. The van der Waals surface area contributed by atoms with Gasteiger partial charge < -0.3 is 53.7 Å². The van der Waals surface area contributed by atoms with Crippen molar-refractivity contribution in [3.05, 3.63) is 69.7 Å². The van der Waals surface area contributed by atoms with E-state index in [4.69, 9.17) is 37.8 Å². The number of cyclic esters (lactones) is 1. The zero-order valence-corrected chi connectivity index (χ0v) is 50.3. The molecule has 1 aromatic heterocycles. The number of carbonyl (C=O) groups excluding carboxylic acids is 5. The second kappa shape index (κ2) is 29.5. The summed E-state index contributed by atoms with van der Waals surface area (Å²) in [6.07, 6.45) is 15.7. The first-order chi connectivity index (χ1) is 37.8. The van der Waals surface area contributed by atoms with Crippen molar-refractivity contribution in [3.63, 3.8) is 0 Å². The van der Waals surface area contributed by atoms with E-state index >= 15 is 0 Å². The second-order valence-electron chi connectivity index (χ2n) is 24.0. The van der Waals surface area contributed by atoms with Crippen LogP contribution in [0.2, 0.25) is 18.1 Å². The molecule has 10 atom stereocenters. The standard InChI is InChI=1S/C60H91N5O12SSi/c1-39-33-43-21-20-40(2)48(23-22-46-36-47(37-52(66)75-46)77-79(8,9)60(4,5)6)53(43)51(34-39)76-59(70)62-24-26-71-27-28-72-29-30-73-31-32-74-45-18-13-17-44(35-45)55(67)49-38-78-57(63-49)50-19-14-25-65(50)58(69)54(42-15-11-10-12-16-42)64-56(68)41(3)61-7/h13,17-18,20-21,33,35,38-42,46-48,50-51,53-54,61H,10-12,14-16,19,22-32,34,36-37H2,1-9H3,(H,62,70)(H,64,68)/t39-,40-,41-,46+,47+,48?,50-,51-,53-,54-/m0/s1. The smallest absolute Gasteiger partial charge is 0.407 e. The predicted molar refractivity (Wildman–Crippen MR) is 306 cm³/mol. The summed E-state index contributed by atoms with van der Waals surface area (Å²) in [5.41, 5.74) is 1.99. The van der Waals surface area contributed by atoms with Crippen LogP contribution in [0.5, 0.6) is 5.75 Å². The molecule has 0 spiro atoms. The van der Waals surface area contributed by atoms with Crippen LogP contribution in [0.1, 0.15) is 146 Å². The van der Waals surface area contributed by atoms with Gasteiger partial charge in [-0.2, -0.15) is 0 Å². The molecule has 2 saturated heterocycles. The van der Waals surface area contributed by atoms with Gasteiger partial charge in [-0.25, -0.2) is 9.78 Å². The van der Waals surface area contributed by atoms with E-state index in [0.717, 1.165) is 69.2 Å². The fraction of sp³-hybridized carbons (Fsp3) is 0.700. The largest absolute Gasteiger partial charge is 0.491 e. The van der Waals surface area contributed by atoms with Crippen LogP contribution in [0, 0.1) is 29.6 Å². The Kier molecular flexibility index (Phi) is 23.2. The molecule has 7 rings (SSSR count).